The molecular weight excluding hydrogens is 323 g/mol. The number of halogens is 1. The molecule has 0 aliphatic carbocycles. The van der Waals surface area contributed by atoms with Gasteiger partial charge in [0.15, 0.2) is 18.3 Å². The molecule has 0 aromatic heterocycles. The third kappa shape index (κ3) is 3.50. The highest BCUT2D eigenvalue weighted by Gasteiger charge is 2.11. The summed E-state index contributed by atoms with van der Waals surface area (Å²) in [6.07, 6.45) is 0. The molecule has 1 N–H and O–H groups in total. The zero-order valence-electron chi connectivity index (χ0n) is 9.33. The van der Waals surface area contributed by atoms with Crippen LogP contribution in [0.1, 0.15) is 12.5 Å². The molecule has 1 aromatic rings. The quantitative estimate of drug-likeness (QED) is 0.491. The Hall–Kier alpha value is -0.530. The summed E-state index contributed by atoms with van der Waals surface area (Å²) in [5.41, 5.74) is 0.796. The van der Waals surface area contributed by atoms with Crippen LogP contribution in [0, 0.1) is 3.57 Å². The lowest BCUT2D eigenvalue weighted by Crippen LogP contribution is -2.05. The number of benzene rings is 1. The zero-order chi connectivity index (χ0) is 12.0. The van der Waals surface area contributed by atoms with E-state index in [-0.39, 0.29) is 13.4 Å². The molecule has 0 atom stereocenters. The zero-order valence-corrected chi connectivity index (χ0v) is 11.5. The molecule has 90 valence electrons. The van der Waals surface area contributed by atoms with Crippen molar-refractivity contribution < 1.29 is 19.3 Å². The smallest absolute Gasteiger partial charge is 0.189 e. The van der Waals surface area contributed by atoms with Gasteiger partial charge in [0.1, 0.15) is 0 Å². The molecular formula is C11H15IO4. The van der Waals surface area contributed by atoms with Crippen molar-refractivity contribution in [3.63, 3.8) is 0 Å². The Balaban J connectivity index is 2.88. The lowest BCUT2D eigenvalue weighted by molar-refractivity contribution is 0.0203. The fourth-order valence-corrected chi connectivity index (χ4v) is 2.01. The number of hydrogen-bond acceptors (Lipinski definition) is 4. The maximum absolute atomic E-state index is 9.06. The van der Waals surface area contributed by atoms with Crippen LogP contribution < -0.4 is 9.47 Å². The van der Waals surface area contributed by atoms with Crippen LogP contribution in [-0.4, -0.2) is 25.6 Å². The van der Waals surface area contributed by atoms with E-state index in [9.17, 15) is 0 Å². The van der Waals surface area contributed by atoms with Crippen LogP contribution >= 0.6 is 22.6 Å². The minimum atomic E-state index is -0.0158. The molecule has 1 aromatic carbocycles. The SMILES string of the molecule is CCOCOc1c(I)cc(CO)cc1OC. The van der Waals surface area contributed by atoms with Crippen LogP contribution in [0.15, 0.2) is 12.1 Å². The van der Waals surface area contributed by atoms with Crippen LogP contribution in [0.2, 0.25) is 0 Å². The number of aliphatic hydroxyl groups is 1. The van der Waals surface area contributed by atoms with Crippen LogP contribution in [0.25, 0.3) is 0 Å². The van der Waals surface area contributed by atoms with E-state index in [1.54, 1.807) is 13.2 Å². The Bertz CT molecular complexity index is 341. The van der Waals surface area contributed by atoms with Crippen LogP contribution in [0.4, 0.5) is 0 Å². The largest absolute Gasteiger partial charge is 0.493 e. The van der Waals surface area contributed by atoms with Gasteiger partial charge < -0.3 is 19.3 Å². The first-order chi connectivity index (χ1) is 7.72. The minimum Gasteiger partial charge on any atom is -0.493 e. The van der Waals surface area contributed by atoms with Crippen LogP contribution in [0.5, 0.6) is 11.5 Å². The van der Waals surface area contributed by atoms with Gasteiger partial charge in [-0.25, -0.2) is 0 Å². The summed E-state index contributed by atoms with van der Waals surface area (Å²) in [6, 6.07) is 3.60. The lowest BCUT2D eigenvalue weighted by atomic mass is 10.2. The summed E-state index contributed by atoms with van der Waals surface area (Å²) in [5.74, 6) is 1.25. The summed E-state index contributed by atoms with van der Waals surface area (Å²) in [5, 5.41) is 9.06. The lowest BCUT2D eigenvalue weighted by Gasteiger charge is -2.13. The van der Waals surface area contributed by atoms with Crippen LogP contribution in [-0.2, 0) is 11.3 Å². The highest BCUT2D eigenvalue weighted by Crippen LogP contribution is 2.33. The topological polar surface area (TPSA) is 47.9 Å². The molecule has 0 unspecified atom stereocenters. The predicted molar refractivity (Wildman–Crippen MR) is 68.8 cm³/mol. The van der Waals surface area contributed by atoms with Crippen molar-refractivity contribution in [1.82, 2.24) is 0 Å². The molecule has 1 rings (SSSR count). The number of ether oxygens (including phenoxy) is 3. The Morgan fingerprint density at radius 3 is 2.69 bits per heavy atom. The molecule has 0 aliphatic heterocycles. The van der Waals surface area contributed by atoms with Gasteiger partial charge in [-0.15, -0.1) is 0 Å². The Morgan fingerprint density at radius 1 is 1.38 bits per heavy atom. The Kier molecular flexibility index (Phi) is 5.86. The predicted octanol–water partition coefficient (Wildman–Crippen LogP) is 2.16. The van der Waals surface area contributed by atoms with E-state index >= 15 is 0 Å². The van der Waals surface area contributed by atoms with Crippen molar-refractivity contribution in [3.8, 4) is 11.5 Å². The third-order valence-corrected chi connectivity index (χ3v) is 2.76. The summed E-state index contributed by atoms with van der Waals surface area (Å²) < 4.78 is 16.7. The van der Waals surface area contributed by atoms with Gasteiger partial charge in [-0.05, 0) is 47.2 Å². The monoisotopic (exact) mass is 338 g/mol. The van der Waals surface area contributed by atoms with E-state index in [1.165, 1.54) is 0 Å². The van der Waals surface area contributed by atoms with E-state index in [2.05, 4.69) is 22.6 Å². The molecule has 0 fully saturated rings. The molecule has 0 aliphatic rings. The van der Waals surface area contributed by atoms with Crippen molar-refractivity contribution in [2.75, 3.05) is 20.5 Å². The molecule has 0 saturated carbocycles. The van der Waals surface area contributed by atoms with Crippen molar-refractivity contribution in [3.05, 3.63) is 21.3 Å². The summed E-state index contributed by atoms with van der Waals surface area (Å²) in [7, 11) is 1.57. The van der Waals surface area contributed by atoms with Gasteiger partial charge in [0, 0.05) is 6.61 Å². The average molecular weight is 338 g/mol. The van der Waals surface area contributed by atoms with E-state index in [1.807, 2.05) is 13.0 Å². The van der Waals surface area contributed by atoms with Gasteiger partial charge >= 0.3 is 0 Å². The standard InChI is InChI=1S/C11H15IO4/c1-3-15-7-16-11-9(12)4-8(6-13)5-10(11)14-2/h4-5,13H,3,6-7H2,1-2H3. The summed E-state index contributed by atoms with van der Waals surface area (Å²) >= 11 is 2.14. The summed E-state index contributed by atoms with van der Waals surface area (Å²) in [4.78, 5) is 0. The van der Waals surface area contributed by atoms with E-state index in [0.717, 1.165) is 9.13 Å². The minimum absolute atomic E-state index is 0.0158. The van der Waals surface area contributed by atoms with Crippen molar-refractivity contribution in [2.45, 2.75) is 13.5 Å². The highest BCUT2D eigenvalue weighted by atomic mass is 127. The van der Waals surface area contributed by atoms with Gasteiger partial charge in [0.05, 0.1) is 17.3 Å². The first kappa shape index (κ1) is 13.5. The molecule has 0 saturated heterocycles. The fraction of sp³-hybridized carbons (Fsp3) is 0.455. The molecule has 0 heterocycles. The Morgan fingerprint density at radius 2 is 2.12 bits per heavy atom. The summed E-state index contributed by atoms with van der Waals surface area (Å²) in [6.45, 7) is 2.69. The molecule has 0 spiro atoms. The maximum Gasteiger partial charge on any atom is 0.189 e. The first-order valence-electron chi connectivity index (χ1n) is 4.90. The second-order valence-corrected chi connectivity index (χ2v) is 4.18. The van der Waals surface area contributed by atoms with E-state index in [4.69, 9.17) is 19.3 Å². The number of rotatable bonds is 6. The van der Waals surface area contributed by atoms with Gasteiger partial charge in [0.25, 0.3) is 0 Å². The molecule has 5 heteroatoms. The number of methoxy groups -OCH3 is 1. The molecule has 16 heavy (non-hydrogen) atoms. The van der Waals surface area contributed by atoms with Gasteiger partial charge in [-0.1, -0.05) is 0 Å². The van der Waals surface area contributed by atoms with Crippen LogP contribution in [0.3, 0.4) is 0 Å². The van der Waals surface area contributed by atoms with Gasteiger partial charge in [-0.2, -0.15) is 0 Å². The molecule has 4 nitrogen and oxygen atoms in total. The van der Waals surface area contributed by atoms with E-state index < -0.39 is 0 Å². The fourth-order valence-electron chi connectivity index (χ4n) is 1.19. The third-order valence-electron chi connectivity index (χ3n) is 1.96. The van der Waals surface area contributed by atoms with Crippen molar-refractivity contribution in [1.29, 1.82) is 0 Å². The first-order valence-corrected chi connectivity index (χ1v) is 5.98. The molecule has 0 bridgehead atoms. The number of aliphatic hydroxyl groups excluding tert-OH is 1. The van der Waals surface area contributed by atoms with Crippen molar-refractivity contribution in [2.24, 2.45) is 0 Å². The average Bonchev–Trinajstić information content (AvgIpc) is 2.30. The second-order valence-electron chi connectivity index (χ2n) is 3.02. The maximum atomic E-state index is 9.06. The molecule has 0 amide bonds. The van der Waals surface area contributed by atoms with Crippen molar-refractivity contribution >= 4 is 22.6 Å². The van der Waals surface area contributed by atoms with Gasteiger partial charge in [0.2, 0.25) is 0 Å². The Labute approximate surface area is 109 Å². The van der Waals surface area contributed by atoms with E-state index in [0.29, 0.717) is 18.1 Å². The molecule has 0 radical (unpaired) electrons. The van der Waals surface area contributed by atoms with Gasteiger partial charge in [-0.3, -0.25) is 0 Å². The normalized spacial score (nSPS) is 10.2. The number of hydrogen-bond donors (Lipinski definition) is 1. The second kappa shape index (κ2) is 6.93. The highest BCUT2D eigenvalue weighted by molar-refractivity contribution is 14.1.